The van der Waals surface area contributed by atoms with Crippen molar-refractivity contribution in [2.24, 2.45) is 5.41 Å². The summed E-state index contributed by atoms with van der Waals surface area (Å²) in [4.78, 5) is 22.6. The van der Waals surface area contributed by atoms with Gasteiger partial charge in [-0.05, 0) is 49.9 Å². The molecule has 0 spiro atoms. The maximum atomic E-state index is 13.2. The topological polar surface area (TPSA) is 94.0 Å². The lowest BCUT2D eigenvalue weighted by Crippen LogP contribution is -2.51. The van der Waals surface area contributed by atoms with Crippen LogP contribution in [0.1, 0.15) is 24.2 Å². The molecule has 1 amide bonds. The number of H-pyrrole nitrogens is 1. The fraction of sp³-hybridized carbons (Fsp3) is 0.375. The van der Waals surface area contributed by atoms with Crippen LogP contribution < -0.4 is 10.1 Å². The molecule has 2 aliphatic heterocycles. The second-order valence-corrected chi connectivity index (χ2v) is 9.20. The molecular formula is C24H23ClFN5O2. The highest BCUT2D eigenvalue weighted by atomic mass is 35.5. The molecule has 7 nitrogen and oxygen atoms in total. The van der Waals surface area contributed by atoms with Gasteiger partial charge in [-0.2, -0.15) is 5.26 Å². The number of amides is 1. The third kappa shape index (κ3) is 3.98. The first kappa shape index (κ1) is 21.5. The molecule has 3 aromatic rings. The number of hydrogen-bond acceptors (Lipinski definition) is 5. The van der Waals surface area contributed by atoms with Crippen LogP contribution >= 0.6 is 11.6 Å². The Morgan fingerprint density at radius 1 is 1.36 bits per heavy atom. The molecule has 1 fully saturated rings. The Labute approximate surface area is 195 Å². The number of anilines is 1. The highest BCUT2D eigenvalue weighted by Crippen LogP contribution is 2.40. The van der Waals surface area contributed by atoms with Gasteiger partial charge in [0.1, 0.15) is 17.2 Å². The predicted molar refractivity (Wildman–Crippen MR) is 123 cm³/mol. The fourth-order valence-electron chi connectivity index (χ4n) is 4.68. The zero-order valence-electron chi connectivity index (χ0n) is 18.1. The van der Waals surface area contributed by atoms with Crippen LogP contribution in [-0.4, -0.2) is 46.5 Å². The largest absolute Gasteiger partial charge is 0.474 e. The number of aromatic nitrogens is 2. The summed E-state index contributed by atoms with van der Waals surface area (Å²) in [5.41, 5.74) is 2.35. The van der Waals surface area contributed by atoms with E-state index in [1.165, 1.54) is 12.1 Å². The smallest absolute Gasteiger partial charge is 0.265 e. The Morgan fingerprint density at radius 2 is 2.09 bits per heavy atom. The van der Waals surface area contributed by atoms with Crippen LogP contribution in [0.15, 0.2) is 30.3 Å². The molecule has 170 valence electrons. The SMILES string of the molecule is Cc1nc2c3c(cc(Cl)c2[nH]1)NCC(C(=O)N1CCC(C#N)(Cc2ccc(F)cc2)CC1)O3. The number of fused-ring (bicyclic) bond motifs is 3. The van der Waals surface area contributed by atoms with Gasteiger partial charge < -0.3 is 19.9 Å². The molecule has 1 unspecified atom stereocenters. The van der Waals surface area contributed by atoms with E-state index in [4.69, 9.17) is 16.3 Å². The van der Waals surface area contributed by atoms with E-state index in [0.29, 0.717) is 72.2 Å². The van der Waals surface area contributed by atoms with Crippen LogP contribution in [-0.2, 0) is 11.2 Å². The molecule has 3 heterocycles. The standard InChI is InChI=1S/C24H23ClFN5O2/c1-14-29-20-17(25)10-18-22(21(20)30-14)33-19(12-28-18)23(32)31-8-6-24(13-27,7-9-31)11-15-2-4-16(26)5-3-15/h2-5,10,19,28H,6-9,11-12H2,1H3,(H,29,30). The summed E-state index contributed by atoms with van der Waals surface area (Å²) in [6.07, 6.45) is 0.965. The van der Waals surface area contributed by atoms with Crippen LogP contribution in [0.5, 0.6) is 5.75 Å². The molecule has 0 bridgehead atoms. The fourth-order valence-corrected chi connectivity index (χ4v) is 4.92. The maximum absolute atomic E-state index is 13.2. The minimum absolute atomic E-state index is 0.114. The van der Waals surface area contributed by atoms with Crippen LogP contribution in [0, 0.1) is 29.5 Å². The van der Waals surface area contributed by atoms with Gasteiger partial charge in [-0.3, -0.25) is 4.79 Å². The van der Waals surface area contributed by atoms with Crippen LogP contribution in [0.4, 0.5) is 10.1 Å². The Morgan fingerprint density at radius 3 is 2.79 bits per heavy atom. The van der Waals surface area contributed by atoms with E-state index in [9.17, 15) is 14.4 Å². The van der Waals surface area contributed by atoms with E-state index in [1.807, 2.05) is 6.92 Å². The van der Waals surface area contributed by atoms with E-state index in [2.05, 4.69) is 21.4 Å². The molecule has 0 radical (unpaired) electrons. The van der Waals surface area contributed by atoms with Crippen molar-refractivity contribution >= 4 is 34.2 Å². The number of carbonyl (C=O) groups excluding carboxylic acids is 1. The summed E-state index contributed by atoms with van der Waals surface area (Å²) < 4.78 is 19.3. The highest BCUT2D eigenvalue weighted by molar-refractivity contribution is 6.35. The Balaban J connectivity index is 1.28. The molecule has 1 aromatic heterocycles. The number of imidazole rings is 1. The maximum Gasteiger partial charge on any atom is 0.265 e. The molecule has 2 N–H and O–H groups in total. The van der Waals surface area contributed by atoms with Crippen molar-refractivity contribution in [1.29, 1.82) is 5.26 Å². The molecule has 5 rings (SSSR count). The van der Waals surface area contributed by atoms with E-state index in [-0.39, 0.29) is 11.7 Å². The number of hydrogen-bond donors (Lipinski definition) is 2. The number of likely N-dealkylation sites (tertiary alicyclic amines) is 1. The van der Waals surface area contributed by atoms with Crippen molar-refractivity contribution in [2.45, 2.75) is 32.3 Å². The molecule has 0 saturated carbocycles. The number of aromatic amines is 1. The van der Waals surface area contributed by atoms with Crippen LogP contribution in [0.3, 0.4) is 0 Å². The second kappa shape index (κ2) is 8.23. The van der Waals surface area contributed by atoms with Gasteiger partial charge in [0, 0.05) is 13.1 Å². The number of carbonyl (C=O) groups is 1. The third-order valence-corrected chi connectivity index (χ3v) is 6.83. The van der Waals surface area contributed by atoms with Gasteiger partial charge in [-0.15, -0.1) is 0 Å². The quantitative estimate of drug-likeness (QED) is 0.601. The Kier molecular flexibility index (Phi) is 5.37. The van der Waals surface area contributed by atoms with Crippen molar-refractivity contribution in [3.8, 4) is 11.8 Å². The number of nitrogens with one attached hydrogen (secondary N) is 2. The number of halogens is 2. The zero-order chi connectivity index (χ0) is 23.2. The number of benzene rings is 2. The molecule has 2 aliphatic rings. The lowest BCUT2D eigenvalue weighted by atomic mass is 9.75. The zero-order valence-corrected chi connectivity index (χ0v) is 18.9. The average molecular weight is 468 g/mol. The van der Waals surface area contributed by atoms with Gasteiger partial charge >= 0.3 is 0 Å². The first-order chi connectivity index (χ1) is 15.9. The number of nitriles is 1. The first-order valence-electron chi connectivity index (χ1n) is 10.9. The van der Waals surface area contributed by atoms with Crippen LogP contribution in [0.2, 0.25) is 5.02 Å². The van der Waals surface area contributed by atoms with Crippen molar-refractivity contribution in [1.82, 2.24) is 14.9 Å². The summed E-state index contributed by atoms with van der Waals surface area (Å²) in [5, 5.41) is 13.7. The highest BCUT2D eigenvalue weighted by Gasteiger charge is 2.39. The van der Waals surface area contributed by atoms with Crippen molar-refractivity contribution in [3.63, 3.8) is 0 Å². The van der Waals surface area contributed by atoms with Crippen molar-refractivity contribution in [3.05, 3.63) is 52.6 Å². The monoisotopic (exact) mass is 467 g/mol. The second-order valence-electron chi connectivity index (χ2n) is 8.79. The number of ether oxygens (including phenoxy) is 1. The third-order valence-electron chi connectivity index (χ3n) is 6.53. The minimum atomic E-state index is -0.689. The van der Waals surface area contributed by atoms with Gasteiger partial charge in [0.15, 0.2) is 11.9 Å². The summed E-state index contributed by atoms with van der Waals surface area (Å²) >= 11 is 6.35. The molecule has 1 saturated heterocycles. The molecule has 2 aromatic carbocycles. The molecule has 9 heteroatoms. The molecular weight excluding hydrogens is 445 g/mol. The van der Waals surface area contributed by atoms with Gasteiger partial charge in [0.2, 0.25) is 0 Å². The predicted octanol–water partition coefficient (Wildman–Crippen LogP) is 4.21. The number of nitrogens with zero attached hydrogens (tertiary/aromatic N) is 3. The number of aryl methyl sites for hydroxylation is 1. The van der Waals surface area contributed by atoms with Gasteiger partial charge in [-0.1, -0.05) is 23.7 Å². The average Bonchev–Trinajstić information content (AvgIpc) is 3.23. The Hall–Kier alpha value is -3.31. The lowest BCUT2D eigenvalue weighted by Gasteiger charge is -2.39. The summed E-state index contributed by atoms with van der Waals surface area (Å²) in [6, 6.07) is 10.5. The molecule has 1 atom stereocenters. The summed E-state index contributed by atoms with van der Waals surface area (Å²) in [6.45, 7) is 3.10. The summed E-state index contributed by atoms with van der Waals surface area (Å²) in [7, 11) is 0. The van der Waals surface area contributed by atoms with E-state index >= 15 is 0 Å². The summed E-state index contributed by atoms with van der Waals surface area (Å²) in [5.74, 6) is 0.819. The van der Waals surface area contributed by atoms with Gasteiger partial charge in [0.25, 0.3) is 5.91 Å². The van der Waals surface area contributed by atoms with Crippen molar-refractivity contribution < 1.29 is 13.9 Å². The number of piperidine rings is 1. The van der Waals surface area contributed by atoms with Gasteiger partial charge in [-0.25, -0.2) is 9.37 Å². The van der Waals surface area contributed by atoms with Gasteiger partial charge in [0.05, 0.1) is 34.3 Å². The van der Waals surface area contributed by atoms with E-state index < -0.39 is 11.5 Å². The normalized spacial score (nSPS) is 19.3. The molecule has 0 aliphatic carbocycles. The van der Waals surface area contributed by atoms with E-state index in [0.717, 1.165) is 5.56 Å². The Bertz CT molecular complexity index is 1260. The minimum Gasteiger partial charge on any atom is -0.474 e. The van der Waals surface area contributed by atoms with Crippen LogP contribution in [0.25, 0.3) is 11.0 Å². The lowest BCUT2D eigenvalue weighted by molar-refractivity contribution is -0.140. The molecule has 33 heavy (non-hydrogen) atoms. The number of rotatable bonds is 3. The first-order valence-corrected chi connectivity index (χ1v) is 11.3. The van der Waals surface area contributed by atoms with Crippen molar-refractivity contribution in [2.75, 3.05) is 25.0 Å². The van der Waals surface area contributed by atoms with E-state index in [1.54, 1.807) is 23.1 Å².